The fraction of sp³-hybridized carbons (Fsp3) is 0.667. The maximum Gasteiger partial charge on any atom is 0.303 e. The number of hydrogen-bond acceptors (Lipinski definition) is 9. The van der Waals surface area contributed by atoms with Crippen LogP contribution in [0.2, 0.25) is 0 Å². The summed E-state index contributed by atoms with van der Waals surface area (Å²) in [6, 6.07) is 4.80. The number of piperazine rings is 1. The minimum Gasteiger partial charge on any atom is -0.495 e. The van der Waals surface area contributed by atoms with Crippen molar-refractivity contribution in [1.29, 1.82) is 0 Å². The van der Waals surface area contributed by atoms with E-state index in [0.29, 0.717) is 63.8 Å². The third kappa shape index (κ3) is 7.31. The number of sulfonamides is 1. The van der Waals surface area contributed by atoms with E-state index in [1.165, 1.54) is 20.1 Å². The topological polar surface area (TPSA) is 118 Å². The molecule has 0 atom stereocenters. The van der Waals surface area contributed by atoms with E-state index in [-0.39, 0.29) is 10.8 Å². The lowest BCUT2D eigenvalue weighted by Crippen LogP contribution is -2.55. The van der Waals surface area contributed by atoms with Crippen LogP contribution in [0.3, 0.4) is 0 Å². The van der Waals surface area contributed by atoms with Crippen molar-refractivity contribution in [3.05, 3.63) is 18.2 Å². The lowest BCUT2D eigenvalue weighted by molar-refractivity contribution is -0.168. The number of nitrogens with zero attached hydrogens (tertiary/aromatic N) is 3. The van der Waals surface area contributed by atoms with Crippen molar-refractivity contribution in [3.63, 3.8) is 0 Å². The van der Waals surface area contributed by atoms with Crippen molar-refractivity contribution in [1.82, 2.24) is 14.5 Å². The molecule has 1 aromatic carbocycles. The maximum absolute atomic E-state index is 13.0. The second-order valence-electron chi connectivity index (χ2n) is 9.42. The Hall–Kier alpha value is -2.41. The molecule has 0 bridgehead atoms. The van der Waals surface area contributed by atoms with E-state index in [4.69, 9.17) is 14.2 Å². The molecule has 202 valence electrons. The average molecular weight is 527 g/mol. The van der Waals surface area contributed by atoms with Gasteiger partial charge in [-0.25, -0.2) is 13.1 Å². The zero-order chi connectivity index (χ0) is 26.3. The van der Waals surface area contributed by atoms with E-state index in [2.05, 4.69) is 9.62 Å². The third-order valence-corrected chi connectivity index (χ3v) is 7.79. The Morgan fingerprint density at radius 3 is 2.36 bits per heavy atom. The molecular weight excluding hydrogens is 488 g/mol. The van der Waals surface area contributed by atoms with Gasteiger partial charge in [0.1, 0.15) is 5.75 Å². The van der Waals surface area contributed by atoms with E-state index >= 15 is 0 Å². The van der Waals surface area contributed by atoms with Gasteiger partial charge in [-0.05, 0) is 45.0 Å². The smallest absolute Gasteiger partial charge is 0.303 e. The quantitative estimate of drug-likeness (QED) is 0.347. The highest BCUT2D eigenvalue weighted by atomic mass is 32.2. The van der Waals surface area contributed by atoms with Crippen LogP contribution < -0.4 is 14.4 Å². The number of carbonyl (C=O) groups excluding carboxylic acids is 2. The van der Waals surface area contributed by atoms with Crippen LogP contribution in [0.1, 0.15) is 27.2 Å². The molecule has 0 saturated carbocycles. The van der Waals surface area contributed by atoms with Crippen LogP contribution in [0, 0.1) is 0 Å². The van der Waals surface area contributed by atoms with E-state index in [9.17, 15) is 18.0 Å². The highest BCUT2D eigenvalue weighted by Crippen LogP contribution is 2.32. The first-order valence-corrected chi connectivity index (χ1v) is 13.7. The molecule has 0 spiro atoms. The molecule has 1 amide bonds. The molecule has 2 aliphatic rings. The van der Waals surface area contributed by atoms with Gasteiger partial charge in [0.15, 0.2) is 5.60 Å². The number of amides is 1. The molecule has 0 radical (unpaired) electrons. The van der Waals surface area contributed by atoms with Gasteiger partial charge in [0.05, 0.1) is 30.9 Å². The number of nitrogens with one attached hydrogen (secondary N) is 1. The summed E-state index contributed by atoms with van der Waals surface area (Å²) in [5.74, 6) is -0.215. The minimum absolute atomic E-state index is 0.166. The number of rotatable bonds is 10. The second-order valence-corrected chi connectivity index (χ2v) is 11.2. The fourth-order valence-corrected chi connectivity index (χ4v) is 5.53. The zero-order valence-electron chi connectivity index (χ0n) is 21.6. The molecular formula is C24H38N4O7S. The van der Waals surface area contributed by atoms with Crippen molar-refractivity contribution < 1.29 is 32.2 Å². The van der Waals surface area contributed by atoms with Gasteiger partial charge in [0.25, 0.3) is 5.91 Å². The number of benzene rings is 1. The Balaban J connectivity index is 1.61. The summed E-state index contributed by atoms with van der Waals surface area (Å²) < 4.78 is 44.6. The standard InChI is InChI=1S/C24H38N4O7S/c1-19(29)35-24(2,3)23(30)28-12-10-27(11-13-28)21-18-20(6-7-22(21)33-4)36(31,32)25-8-5-9-26-14-16-34-17-15-26/h6-7,18,25H,5,8-17H2,1-4H3. The Labute approximate surface area is 213 Å². The van der Waals surface area contributed by atoms with Gasteiger partial charge < -0.3 is 24.0 Å². The van der Waals surface area contributed by atoms with Crippen molar-refractivity contribution in [2.45, 2.75) is 37.7 Å². The van der Waals surface area contributed by atoms with Crippen LogP contribution >= 0.6 is 0 Å². The number of methoxy groups -OCH3 is 1. The van der Waals surface area contributed by atoms with Gasteiger partial charge >= 0.3 is 5.97 Å². The number of esters is 1. The van der Waals surface area contributed by atoms with Crippen LogP contribution in [-0.2, 0) is 29.1 Å². The Morgan fingerprint density at radius 1 is 1.08 bits per heavy atom. The number of ether oxygens (including phenoxy) is 3. The molecule has 3 rings (SSSR count). The predicted molar refractivity (Wildman–Crippen MR) is 135 cm³/mol. The van der Waals surface area contributed by atoms with Crippen molar-refractivity contribution >= 4 is 27.6 Å². The maximum atomic E-state index is 13.0. The molecule has 1 aromatic rings. The summed E-state index contributed by atoms with van der Waals surface area (Å²) in [7, 11) is -2.15. The van der Waals surface area contributed by atoms with Gasteiger partial charge in [-0.3, -0.25) is 14.5 Å². The molecule has 2 aliphatic heterocycles. The van der Waals surface area contributed by atoms with E-state index < -0.39 is 21.6 Å². The number of hydrogen-bond donors (Lipinski definition) is 1. The summed E-state index contributed by atoms with van der Waals surface area (Å²) in [5, 5.41) is 0. The van der Waals surface area contributed by atoms with Gasteiger partial charge in [-0.1, -0.05) is 0 Å². The molecule has 2 fully saturated rings. The van der Waals surface area contributed by atoms with Crippen LogP contribution in [0.15, 0.2) is 23.1 Å². The zero-order valence-corrected chi connectivity index (χ0v) is 22.4. The third-order valence-electron chi connectivity index (χ3n) is 6.33. The summed E-state index contributed by atoms with van der Waals surface area (Å²) in [5.41, 5.74) is -0.590. The molecule has 12 heteroatoms. The van der Waals surface area contributed by atoms with E-state index in [1.54, 1.807) is 30.9 Å². The van der Waals surface area contributed by atoms with Crippen LogP contribution in [-0.4, -0.2) is 108 Å². The normalized spacial score (nSPS) is 17.7. The van der Waals surface area contributed by atoms with Crippen LogP contribution in [0.5, 0.6) is 5.75 Å². The largest absolute Gasteiger partial charge is 0.495 e. The van der Waals surface area contributed by atoms with E-state index in [0.717, 1.165) is 19.6 Å². The van der Waals surface area contributed by atoms with Gasteiger partial charge in [0.2, 0.25) is 10.0 Å². The molecule has 11 nitrogen and oxygen atoms in total. The highest BCUT2D eigenvalue weighted by molar-refractivity contribution is 7.89. The monoisotopic (exact) mass is 526 g/mol. The lowest BCUT2D eigenvalue weighted by Gasteiger charge is -2.39. The highest BCUT2D eigenvalue weighted by Gasteiger charge is 2.36. The molecule has 36 heavy (non-hydrogen) atoms. The summed E-state index contributed by atoms with van der Waals surface area (Å²) >= 11 is 0. The Bertz CT molecular complexity index is 1020. The number of anilines is 1. The molecule has 1 N–H and O–H groups in total. The lowest BCUT2D eigenvalue weighted by atomic mass is 10.1. The first kappa shape index (κ1) is 28.2. The predicted octanol–water partition coefficient (Wildman–Crippen LogP) is 0.686. The molecule has 0 aromatic heterocycles. The molecule has 2 heterocycles. The first-order chi connectivity index (χ1) is 17.0. The summed E-state index contributed by atoms with van der Waals surface area (Å²) in [6.07, 6.45) is 0.710. The van der Waals surface area contributed by atoms with Gasteiger partial charge in [0, 0.05) is 52.7 Å². The minimum atomic E-state index is -3.69. The average Bonchev–Trinajstić information content (AvgIpc) is 2.86. The van der Waals surface area contributed by atoms with Crippen LogP contribution in [0.25, 0.3) is 0 Å². The van der Waals surface area contributed by atoms with Crippen molar-refractivity contribution in [2.24, 2.45) is 0 Å². The Kier molecular flexibility index (Phi) is 9.56. The summed E-state index contributed by atoms with van der Waals surface area (Å²) in [6.45, 7) is 10.5. The SMILES string of the molecule is COc1ccc(S(=O)(=O)NCCCN2CCOCC2)cc1N1CCN(C(=O)C(C)(C)OC(C)=O)CC1. The molecule has 0 aliphatic carbocycles. The van der Waals surface area contributed by atoms with Crippen LogP contribution in [0.4, 0.5) is 5.69 Å². The van der Waals surface area contributed by atoms with Crippen molar-refractivity contribution in [3.8, 4) is 5.75 Å². The van der Waals surface area contributed by atoms with E-state index in [1.807, 2.05) is 4.90 Å². The number of carbonyl (C=O) groups is 2. The Morgan fingerprint density at radius 2 is 1.75 bits per heavy atom. The second kappa shape index (κ2) is 12.2. The fourth-order valence-electron chi connectivity index (χ4n) is 4.44. The van der Waals surface area contributed by atoms with Gasteiger partial charge in [-0.15, -0.1) is 0 Å². The molecule has 2 saturated heterocycles. The molecule has 0 unspecified atom stereocenters. The summed E-state index contributed by atoms with van der Waals surface area (Å²) in [4.78, 5) is 30.3. The van der Waals surface area contributed by atoms with Crippen molar-refractivity contribution in [2.75, 3.05) is 77.6 Å². The first-order valence-electron chi connectivity index (χ1n) is 12.3. The number of morpholine rings is 1. The van der Waals surface area contributed by atoms with Gasteiger partial charge in [-0.2, -0.15) is 0 Å².